The second-order valence-corrected chi connectivity index (χ2v) is 7.60. The van der Waals surface area contributed by atoms with Crippen molar-refractivity contribution < 1.29 is 4.92 Å². The van der Waals surface area contributed by atoms with Gasteiger partial charge in [-0.3, -0.25) is 10.1 Å². The molecule has 4 nitrogen and oxygen atoms in total. The molecule has 0 bridgehead atoms. The Bertz CT molecular complexity index is 1100. The van der Waals surface area contributed by atoms with Crippen LogP contribution in [0.5, 0.6) is 0 Å². The van der Waals surface area contributed by atoms with Gasteiger partial charge < -0.3 is 5.32 Å². The van der Waals surface area contributed by atoms with Gasteiger partial charge in [-0.15, -0.1) is 0 Å². The summed E-state index contributed by atoms with van der Waals surface area (Å²) in [4.78, 5) is 10.9. The lowest BCUT2D eigenvalue weighted by Crippen LogP contribution is -2.29. The first-order valence-corrected chi connectivity index (χ1v) is 9.40. The second-order valence-electron chi connectivity index (χ2n) is 7.19. The van der Waals surface area contributed by atoms with Crippen molar-refractivity contribution in [3.05, 3.63) is 93.0 Å². The number of nitrogens with one attached hydrogen (secondary N) is 1. The highest BCUT2D eigenvalue weighted by atomic mass is 35.5. The number of benzene rings is 3. The zero-order valence-corrected chi connectivity index (χ0v) is 15.2. The fraction of sp³-hybridized carbons (Fsp3) is 0.182. The highest BCUT2D eigenvalue weighted by Crippen LogP contribution is 2.53. The number of non-ortho nitro benzene ring substituents is 1. The van der Waals surface area contributed by atoms with Gasteiger partial charge in [-0.25, -0.2) is 0 Å². The van der Waals surface area contributed by atoms with E-state index in [0.29, 0.717) is 10.9 Å². The predicted octanol–water partition coefficient (Wildman–Crippen LogP) is 6.23. The molecule has 5 heteroatoms. The Kier molecular flexibility index (Phi) is 3.69. The second kappa shape index (κ2) is 6.10. The Labute approximate surface area is 161 Å². The summed E-state index contributed by atoms with van der Waals surface area (Å²) in [5.74, 6) is 0.434. The van der Waals surface area contributed by atoms with E-state index in [9.17, 15) is 10.1 Å². The van der Waals surface area contributed by atoms with Crippen LogP contribution in [-0.4, -0.2) is 4.92 Å². The number of rotatable bonds is 2. The smallest absolute Gasteiger partial charge is 0.271 e. The van der Waals surface area contributed by atoms with Crippen LogP contribution in [0, 0.1) is 16.0 Å². The molecule has 0 fully saturated rings. The molecule has 0 spiro atoms. The SMILES string of the molecule is O=[N+]([O-])c1cc(Cl)c2c(c1)[C@@H]1C=CC[C@H]1[C@@H](c1cccc3ccccc13)N2. The van der Waals surface area contributed by atoms with E-state index in [1.54, 1.807) is 6.07 Å². The summed E-state index contributed by atoms with van der Waals surface area (Å²) >= 11 is 6.46. The molecule has 134 valence electrons. The van der Waals surface area contributed by atoms with Crippen molar-refractivity contribution in [1.29, 1.82) is 0 Å². The third-order valence-corrected chi connectivity index (χ3v) is 6.07. The van der Waals surface area contributed by atoms with Gasteiger partial charge in [0.1, 0.15) is 0 Å². The van der Waals surface area contributed by atoms with Gasteiger partial charge in [0.25, 0.3) is 5.69 Å². The molecule has 0 aromatic heterocycles. The number of hydrogen-bond acceptors (Lipinski definition) is 3. The summed E-state index contributed by atoms with van der Waals surface area (Å²) in [7, 11) is 0. The number of halogens is 1. The van der Waals surface area contributed by atoms with E-state index < -0.39 is 0 Å². The Morgan fingerprint density at radius 3 is 2.74 bits per heavy atom. The molecule has 27 heavy (non-hydrogen) atoms. The average Bonchev–Trinajstić information content (AvgIpc) is 3.17. The van der Waals surface area contributed by atoms with Crippen molar-refractivity contribution in [2.75, 3.05) is 5.32 Å². The minimum absolute atomic E-state index is 0.0446. The Hall–Kier alpha value is -2.85. The molecule has 5 rings (SSSR count). The molecule has 3 aromatic carbocycles. The minimum Gasteiger partial charge on any atom is -0.376 e. The third-order valence-electron chi connectivity index (χ3n) is 5.77. The molecule has 0 saturated heterocycles. The van der Waals surface area contributed by atoms with E-state index >= 15 is 0 Å². The molecule has 0 amide bonds. The zero-order chi connectivity index (χ0) is 18.5. The van der Waals surface area contributed by atoms with Gasteiger partial charge in [0.05, 0.1) is 21.7 Å². The molecule has 1 N–H and O–H groups in total. The minimum atomic E-state index is -0.378. The van der Waals surface area contributed by atoms with E-state index in [0.717, 1.165) is 17.7 Å². The van der Waals surface area contributed by atoms with Crippen molar-refractivity contribution in [2.24, 2.45) is 5.92 Å². The van der Waals surface area contributed by atoms with Gasteiger partial charge in [-0.2, -0.15) is 0 Å². The van der Waals surface area contributed by atoms with Gasteiger partial charge in [0.2, 0.25) is 0 Å². The van der Waals surface area contributed by atoms with Gasteiger partial charge in [-0.05, 0) is 34.2 Å². The summed E-state index contributed by atoms with van der Waals surface area (Å²) in [6.07, 6.45) is 5.28. The maximum absolute atomic E-state index is 11.3. The van der Waals surface area contributed by atoms with Crippen LogP contribution in [-0.2, 0) is 0 Å². The molecule has 0 unspecified atom stereocenters. The first-order valence-electron chi connectivity index (χ1n) is 9.02. The molecular formula is C22H17ClN2O2. The van der Waals surface area contributed by atoms with Crippen LogP contribution >= 0.6 is 11.6 Å². The molecule has 0 saturated carbocycles. The Morgan fingerprint density at radius 1 is 1.07 bits per heavy atom. The lowest BCUT2D eigenvalue weighted by Gasteiger charge is -2.38. The summed E-state index contributed by atoms with van der Waals surface area (Å²) in [5.41, 5.74) is 3.02. The van der Waals surface area contributed by atoms with Crippen LogP contribution in [0.2, 0.25) is 5.02 Å². The summed E-state index contributed by atoms with van der Waals surface area (Å²) in [5, 5.41) is 17.7. The van der Waals surface area contributed by atoms with Crippen molar-refractivity contribution in [1.82, 2.24) is 0 Å². The number of nitrogens with zero attached hydrogens (tertiary/aromatic N) is 1. The lowest BCUT2D eigenvalue weighted by atomic mass is 9.76. The molecule has 0 radical (unpaired) electrons. The molecule has 1 aliphatic heterocycles. The number of anilines is 1. The highest BCUT2D eigenvalue weighted by molar-refractivity contribution is 6.33. The lowest BCUT2D eigenvalue weighted by molar-refractivity contribution is -0.384. The zero-order valence-electron chi connectivity index (χ0n) is 14.4. The quantitative estimate of drug-likeness (QED) is 0.327. The van der Waals surface area contributed by atoms with Crippen LogP contribution in [0.1, 0.15) is 29.5 Å². The largest absolute Gasteiger partial charge is 0.376 e. The van der Waals surface area contributed by atoms with Crippen LogP contribution in [0.4, 0.5) is 11.4 Å². The number of nitro groups is 1. The van der Waals surface area contributed by atoms with E-state index in [2.05, 4.69) is 53.9 Å². The van der Waals surface area contributed by atoms with Gasteiger partial charge >= 0.3 is 0 Å². The van der Waals surface area contributed by atoms with Crippen molar-refractivity contribution in [3.8, 4) is 0 Å². The monoisotopic (exact) mass is 376 g/mol. The summed E-state index contributed by atoms with van der Waals surface area (Å²) in [6.45, 7) is 0. The van der Waals surface area contributed by atoms with Crippen molar-refractivity contribution >= 4 is 33.7 Å². The number of allylic oxidation sites excluding steroid dienone is 2. The van der Waals surface area contributed by atoms with Crippen molar-refractivity contribution in [3.63, 3.8) is 0 Å². The molecule has 1 aliphatic carbocycles. The van der Waals surface area contributed by atoms with Gasteiger partial charge in [0.15, 0.2) is 0 Å². The fourth-order valence-electron chi connectivity index (χ4n) is 4.58. The molecule has 1 heterocycles. The highest BCUT2D eigenvalue weighted by Gasteiger charge is 2.40. The first kappa shape index (κ1) is 16.3. The molecule has 3 aromatic rings. The van der Waals surface area contributed by atoms with Crippen LogP contribution in [0.25, 0.3) is 10.8 Å². The predicted molar refractivity (Wildman–Crippen MR) is 108 cm³/mol. The van der Waals surface area contributed by atoms with Gasteiger partial charge in [-0.1, -0.05) is 66.2 Å². The van der Waals surface area contributed by atoms with E-state index in [4.69, 9.17) is 11.6 Å². The first-order chi connectivity index (χ1) is 13.1. The number of nitro benzene ring substituents is 1. The normalized spacial score (nSPS) is 22.9. The van der Waals surface area contributed by atoms with E-state index in [1.807, 2.05) is 6.07 Å². The van der Waals surface area contributed by atoms with Crippen LogP contribution in [0.3, 0.4) is 0 Å². The maximum atomic E-state index is 11.3. The Morgan fingerprint density at radius 2 is 1.89 bits per heavy atom. The third kappa shape index (κ3) is 2.52. The topological polar surface area (TPSA) is 55.2 Å². The molecule has 2 aliphatic rings. The number of fused-ring (bicyclic) bond motifs is 4. The van der Waals surface area contributed by atoms with Crippen LogP contribution < -0.4 is 5.32 Å². The fourth-order valence-corrected chi connectivity index (χ4v) is 4.85. The number of hydrogen-bond donors (Lipinski definition) is 1. The van der Waals surface area contributed by atoms with Gasteiger partial charge in [0, 0.05) is 18.1 Å². The van der Waals surface area contributed by atoms with E-state index in [1.165, 1.54) is 22.4 Å². The average molecular weight is 377 g/mol. The standard InChI is InChI=1S/C22H17ClN2O2/c23-20-12-14(25(26)27)11-19-16-8-4-10-18(16)21(24-22(19)20)17-9-3-6-13-5-1-2-7-15(13)17/h1-9,11-12,16,18,21,24H,10H2/t16-,18-,21-/m1/s1. The molecule has 3 atom stereocenters. The van der Waals surface area contributed by atoms with Crippen LogP contribution in [0.15, 0.2) is 66.7 Å². The summed E-state index contributed by atoms with van der Waals surface area (Å²) in [6, 6.07) is 18.0. The van der Waals surface area contributed by atoms with Crippen molar-refractivity contribution in [2.45, 2.75) is 18.4 Å². The summed E-state index contributed by atoms with van der Waals surface area (Å²) < 4.78 is 0. The Balaban J connectivity index is 1.68. The molecular weight excluding hydrogens is 360 g/mol. The maximum Gasteiger partial charge on any atom is 0.271 e. The van der Waals surface area contributed by atoms with E-state index in [-0.39, 0.29) is 22.6 Å².